The van der Waals surface area contributed by atoms with Crippen molar-refractivity contribution < 1.29 is 9.53 Å². The lowest BCUT2D eigenvalue weighted by Crippen LogP contribution is -2.42. The van der Waals surface area contributed by atoms with Gasteiger partial charge in [0.25, 0.3) is 0 Å². The maximum absolute atomic E-state index is 12.3. The molecule has 0 heterocycles. The molecule has 1 aromatic carbocycles. The van der Waals surface area contributed by atoms with E-state index in [9.17, 15) is 4.79 Å². The molecule has 0 aliphatic heterocycles. The van der Waals surface area contributed by atoms with Crippen LogP contribution >= 0.6 is 0 Å². The zero-order chi connectivity index (χ0) is 15.0. The lowest BCUT2D eigenvalue weighted by Gasteiger charge is -2.24. The zero-order valence-corrected chi connectivity index (χ0v) is 13.0. The minimum atomic E-state index is -0.514. The van der Waals surface area contributed by atoms with Crippen LogP contribution < -0.4 is 10.6 Å². The Balaban J connectivity index is 2.43. The van der Waals surface area contributed by atoms with Gasteiger partial charge in [0.15, 0.2) is 0 Å². The van der Waals surface area contributed by atoms with Gasteiger partial charge in [-0.15, -0.1) is 0 Å². The summed E-state index contributed by atoms with van der Waals surface area (Å²) in [7, 11) is 1.67. The quantitative estimate of drug-likeness (QED) is 0.711. The van der Waals surface area contributed by atoms with Crippen molar-refractivity contribution in [2.24, 2.45) is 0 Å². The van der Waals surface area contributed by atoms with Crippen LogP contribution in [0, 0.1) is 6.92 Å². The highest BCUT2D eigenvalue weighted by molar-refractivity contribution is 5.87. The standard InChI is InChI=1S/C16H26N2O2/c1-13-5-7-14(8-6-13)16(2,3)15(19)18-10-9-17-11-12-20-4/h5-8,17H,9-12H2,1-4H3,(H,18,19). The predicted molar refractivity (Wildman–Crippen MR) is 82.0 cm³/mol. The van der Waals surface area contributed by atoms with Gasteiger partial charge in [0, 0.05) is 26.7 Å². The molecule has 2 N–H and O–H groups in total. The molecule has 0 bridgehead atoms. The lowest BCUT2D eigenvalue weighted by atomic mass is 9.83. The highest BCUT2D eigenvalue weighted by Gasteiger charge is 2.29. The summed E-state index contributed by atoms with van der Waals surface area (Å²) in [5.41, 5.74) is 1.72. The van der Waals surface area contributed by atoms with Gasteiger partial charge in [-0.1, -0.05) is 29.8 Å². The maximum Gasteiger partial charge on any atom is 0.230 e. The Morgan fingerprint density at radius 3 is 2.40 bits per heavy atom. The SMILES string of the molecule is COCCNCCNC(=O)C(C)(C)c1ccc(C)cc1. The van der Waals surface area contributed by atoms with E-state index in [4.69, 9.17) is 4.74 Å². The smallest absolute Gasteiger partial charge is 0.230 e. The number of benzene rings is 1. The van der Waals surface area contributed by atoms with E-state index in [2.05, 4.69) is 10.6 Å². The number of carbonyl (C=O) groups excluding carboxylic acids is 1. The molecule has 0 aromatic heterocycles. The Morgan fingerprint density at radius 1 is 1.15 bits per heavy atom. The number of amides is 1. The van der Waals surface area contributed by atoms with Crippen molar-refractivity contribution in [2.45, 2.75) is 26.2 Å². The van der Waals surface area contributed by atoms with E-state index in [1.165, 1.54) is 5.56 Å². The number of rotatable bonds is 8. The second-order valence-electron chi connectivity index (χ2n) is 5.49. The fraction of sp³-hybridized carbons (Fsp3) is 0.562. The van der Waals surface area contributed by atoms with Gasteiger partial charge in [0.1, 0.15) is 0 Å². The number of aryl methyl sites for hydroxylation is 1. The van der Waals surface area contributed by atoms with E-state index in [-0.39, 0.29) is 5.91 Å². The molecule has 0 atom stereocenters. The molecule has 0 spiro atoms. The molecule has 0 aliphatic carbocycles. The average Bonchev–Trinajstić information content (AvgIpc) is 2.43. The van der Waals surface area contributed by atoms with E-state index < -0.39 is 5.41 Å². The van der Waals surface area contributed by atoms with Crippen LogP contribution in [0.15, 0.2) is 24.3 Å². The number of ether oxygens (including phenoxy) is 1. The van der Waals surface area contributed by atoms with Crippen LogP contribution in [0.25, 0.3) is 0 Å². The van der Waals surface area contributed by atoms with E-state index in [1.54, 1.807) is 7.11 Å². The van der Waals surface area contributed by atoms with Gasteiger partial charge < -0.3 is 15.4 Å². The maximum atomic E-state index is 12.3. The summed E-state index contributed by atoms with van der Waals surface area (Å²) in [5.74, 6) is 0.0508. The van der Waals surface area contributed by atoms with Crippen molar-refractivity contribution in [3.63, 3.8) is 0 Å². The van der Waals surface area contributed by atoms with Gasteiger partial charge in [-0.3, -0.25) is 4.79 Å². The molecule has 0 unspecified atom stereocenters. The molecule has 0 saturated heterocycles. The fourth-order valence-electron chi connectivity index (χ4n) is 1.89. The highest BCUT2D eigenvalue weighted by Crippen LogP contribution is 2.23. The second-order valence-corrected chi connectivity index (χ2v) is 5.49. The average molecular weight is 278 g/mol. The molecule has 0 saturated carbocycles. The molecule has 1 aromatic rings. The third-order valence-electron chi connectivity index (χ3n) is 3.41. The van der Waals surface area contributed by atoms with E-state index in [0.29, 0.717) is 13.2 Å². The number of nitrogens with one attached hydrogen (secondary N) is 2. The van der Waals surface area contributed by atoms with E-state index in [0.717, 1.165) is 18.7 Å². The minimum absolute atomic E-state index is 0.0508. The van der Waals surface area contributed by atoms with Gasteiger partial charge in [-0.25, -0.2) is 0 Å². The van der Waals surface area contributed by atoms with Crippen LogP contribution in [0.1, 0.15) is 25.0 Å². The fourth-order valence-corrected chi connectivity index (χ4v) is 1.89. The molecule has 0 aliphatic rings. The molecule has 0 radical (unpaired) electrons. The molecule has 4 heteroatoms. The summed E-state index contributed by atoms with van der Waals surface area (Å²) >= 11 is 0. The molecular weight excluding hydrogens is 252 g/mol. The van der Waals surface area contributed by atoms with Gasteiger partial charge >= 0.3 is 0 Å². The van der Waals surface area contributed by atoms with Crippen LogP contribution in [0.3, 0.4) is 0 Å². The summed E-state index contributed by atoms with van der Waals surface area (Å²) in [6.07, 6.45) is 0. The first-order chi connectivity index (χ1) is 9.48. The van der Waals surface area contributed by atoms with Crippen molar-refractivity contribution in [3.8, 4) is 0 Å². The van der Waals surface area contributed by atoms with Crippen molar-refractivity contribution in [1.29, 1.82) is 0 Å². The third kappa shape index (κ3) is 4.94. The Kier molecular flexibility index (Phi) is 6.68. The van der Waals surface area contributed by atoms with Crippen LogP contribution in [-0.4, -0.2) is 39.3 Å². The molecule has 20 heavy (non-hydrogen) atoms. The number of carbonyl (C=O) groups is 1. The first-order valence-electron chi connectivity index (χ1n) is 7.03. The van der Waals surface area contributed by atoms with Crippen molar-refractivity contribution >= 4 is 5.91 Å². The van der Waals surface area contributed by atoms with Crippen molar-refractivity contribution in [3.05, 3.63) is 35.4 Å². The molecule has 4 nitrogen and oxygen atoms in total. The van der Waals surface area contributed by atoms with Crippen molar-refractivity contribution in [1.82, 2.24) is 10.6 Å². The third-order valence-corrected chi connectivity index (χ3v) is 3.41. The summed E-state index contributed by atoms with van der Waals surface area (Å²) in [6, 6.07) is 8.12. The Labute approximate surface area is 121 Å². The van der Waals surface area contributed by atoms with Crippen LogP contribution in [0.5, 0.6) is 0 Å². The number of hydrogen-bond donors (Lipinski definition) is 2. The molecule has 0 fully saturated rings. The summed E-state index contributed by atoms with van der Waals surface area (Å²) in [5, 5.41) is 6.17. The molecule has 1 amide bonds. The highest BCUT2D eigenvalue weighted by atomic mass is 16.5. The monoisotopic (exact) mass is 278 g/mol. The summed E-state index contributed by atoms with van der Waals surface area (Å²) < 4.78 is 4.94. The van der Waals surface area contributed by atoms with Gasteiger partial charge in [0.2, 0.25) is 5.91 Å². The second kappa shape index (κ2) is 8.02. The Bertz CT molecular complexity index is 413. The van der Waals surface area contributed by atoms with Gasteiger partial charge in [-0.2, -0.15) is 0 Å². The Morgan fingerprint density at radius 2 is 1.80 bits per heavy atom. The zero-order valence-electron chi connectivity index (χ0n) is 13.0. The van der Waals surface area contributed by atoms with Crippen LogP contribution in [0.4, 0.5) is 0 Å². The first-order valence-corrected chi connectivity index (χ1v) is 7.03. The van der Waals surface area contributed by atoms with E-state index >= 15 is 0 Å². The van der Waals surface area contributed by atoms with E-state index in [1.807, 2.05) is 45.0 Å². The lowest BCUT2D eigenvalue weighted by molar-refractivity contribution is -0.125. The summed E-state index contributed by atoms with van der Waals surface area (Å²) in [4.78, 5) is 12.3. The van der Waals surface area contributed by atoms with Gasteiger partial charge in [0.05, 0.1) is 12.0 Å². The number of methoxy groups -OCH3 is 1. The van der Waals surface area contributed by atoms with Crippen molar-refractivity contribution in [2.75, 3.05) is 33.4 Å². The normalized spacial score (nSPS) is 11.4. The first kappa shape index (κ1) is 16.7. The minimum Gasteiger partial charge on any atom is -0.383 e. The van der Waals surface area contributed by atoms with Gasteiger partial charge in [-0.05, 0) is 26.3 Å². The molecule has 112 valence electrons. The molecule has 1 rings (SSSR count). The van der Waals surface area contributed by atoms with Crippen LogP contribution in [0.2, 0.25) is 0 Å². The topological polar surface area (TPSA) is 50.4 Å². The predicted octanol–water partition coefficient (Wildman–Crippen LogP) is 1.62. The largest absolute Gasteiger partial charge is 0.383 e. The van der Waals surface area contributed by atoms with Crippen LogP contribution in [-0.2, 0) is 14.9 Å². The number of hydrogen-bond acceptors (Lipinski definition) is 3. The Hall–Kier alpha value is -1.39. The summed E-state index contributed by atoms with van der Waals surface area (Å²) in [6.45, 7) is 8.80. The molecular formula is C16H26N2O2.